The fraction of sp³-hybridized carbons (Fsp3) is 0.500. The van der Waals surface area contributed by atoms with Crippen molar-refractivity contribution in [1.82, 2.24) is 14.9 Å². The minimum Gasteiger partial charge on any atom is -0.480 e. The van der Waals surface area contributed by atoms with Crippen molar-refractivity contribution in [3.05, 3.63) is 26.6 Å². The average molecular weight is 367 g/mol. The van der Waals surface area contributed by atoms with Crippen LogP contribution in [0.5, 0.6) is 0 Å². The van der Waals surface area contributed by atoms with Crippen molar-refractivity contribution in [1.29, 1.82) is 0 Å². The van der Waals surface area contributed by atoms with Gasteiger partial charge in [0.1, 0.15) is 17.3 Å². The normalized spacial score (nSPS) is 15.4. The van der Waals surface area contributed by atoms with Crippen molar-refractivity contribution in [3.63, 3.8) is 0 Å². The molecule has 1 atom stereocenters. The fourth-order valence-corrected chi connectivity index (χ4v) is 4.11. The summed E-state index contributed by atoms with van der Waals surface area (Å²) in [6.45, 7) is 1.03. The van der Waals surface area contributed by atoms with Crippen LogP contribution in [0.15, 0.2) is 4.79 Å². The molecule has 0 spiro atoms. The number of carboxylic acid groups (broad SMARTS) is 1. The number of thiophene rings is 1. The maximum Gasteiger partial charge on any atom is 0.328 e. The number of aromatic nitrogens is 2. The van der Waals surface area contributed by atoms with Crippen LogP contribution in [0.1, 0.15) is 40.3 Å². The summed E-state index contributed by atoms with van der Waals surface area (Å²) in [5.74, 6) is -1.43. The average Bonchev–Trinajstić information content (AvgIpc) is 2.75. The molecule has 2 aromatic heterocycles. The van der Waals surface area contributed by atoms with Gasteiger partial charge in [-0.2, -0.15) is 0 Å². The largest absolute Gasteiger partial charge is 0.480 e. The Balaban J connectivity index is 2.05. The number of aliphatic carboxylic acids is 1. The zero-order valence-corrected chi connectivity index (χ0v) is 14.5. The summed E-state index contributed by atoms with van der Waals surface area (Å²) in [5, 5.41) is 11.4. The highest BCUT2D eigenvalue weighted by atomic mass is 32.1. The van der Waals surface area contributed by atoms with E-state index in [1.54, 1.807) is 11.5 Å². The van der Waals surface area contributed by atoms with Crippen molar-refractivity contribution < 1.29 is 19.1 Å². The number of halogens is 1. The number of hydrogen-bond acceptors (Lipinski definition) is 5. The summed E-state index contributed by atoms with van der Waals surface area (Å²) in [6.07, 6.45) is 3.63. The number of carboxylic acids is 1. The van der Waals surface area contributed by atoms with Gasteiger partial charge in [0, 0.05) is 13.0 Å². The van der Waals surface area contributed by atoms with Gasteiger partial charge in [0.25, 0.3) is 11.5 Å². The third kappa shape index (κ3) is 3.15. The van der Waals surface area contributed by atoms with Crippen LogP contribution >= 0.6 is 11.3 Å². The monoisotopic (exact) mass is 367 g/mol. The Labute approximate surface area is 146 Å². The van der Waals surface area contributed by atoms with Crippen LogP contribution in [0.25, 0.3) is 10.2 Å². The van der Waals surface area contributed by atoms with E-state index >= 15 is 0 Å². The van der Waals surface area contributed by atoms with Crippen LogP contribution in [0.4, 0.5) is 4.39 Å². The first kappa shape index (κ1) is 17.5. The second-order valence-electron chi connectivity index (χ2n) is 6.05. The van der Waals surface area contributed by atoms with Crippen LogP contribution in [-0.2, 0) is 17.8 Å². The number of hydrogen-bond donors (Lipinski definition) is 2. The highest BCUT2D eigenvalue weighted by molar-refractivity contribution is 7.20. The molecule has 0 saturated carbocycles. The van der Waals surface area contributed by atoms with Crippen LogP contribution in [0.3, 0.4) is 0 Å². The Kier molecular flexibility index (Phi) is 4.85. The molecule has 0 bridgehead atoms. The molecule has 9 heteroatoms. The maximum atomic E-state index is 12.8. The predicted molar refractivity (Wildman–Crippen MR) is 91.0 cm³/mol. The molecular formula is C16H18FN3O4S. The smallest absolute Gasteiger partial charge is 0.328 e. The van der Waals surface area contributed by atoms with E-state index < -0.39 is 24.6 Å². The Morgan fingerprint density at radius 2 is 2.16 bits per heavy atom. The fourth-order valence-electron chi connectivity index (χ4n) is 3.02. The Morgan fingerprint density at radius 1 is 1.40 bits per heavy atom. The molecule has 1 aliphatic rings. The minimum atomic E-state index is -1.61. The van der Waals surface area contributed by atoms with Crippen LogP contribution in [0, 0.1) is 6.92 Å². The van der Waals surface area contributed by atoms with E-state index in [0.29, 0.717) is 28.7 Å². The lowest BCUT2D eigenvalue weighted by atomic mass is 10.2. The molecule has 2 N–H and O–H groups in total. The third-order valence-corrected chi connectivity index (χ3v) is 5.56. The van der Waals surface area contributed by atoms with Gasteiger partial charge in [0.15, 0.2) is 6.04 Å². The number of amides is 1. The summed E-state index contributed by atoms with van der Waals surface area (Å²) in [4.78, 5) is 41.2. The summed E-state index contributed by atoms with van der Waals surface area (Å²) < 4.78 is 14.4. The van der Waals surface area contributed by atoms with E-state index in [1.807, 2.05) is 0 Å². The first-order chi connectivity index (χ1) is 11.9. The number of fused-ring (bicyclic) bond motifs is 2. The zero-order valence-electron chi connectivity index (χ0n) is 13.7. The van der Waals surface area contributed by atoms with E-state index in [-0.39, 0.29) is 10.4 Å². The molecule has 1 aliphatic heterocycles. The minimum absolute atomic E-state index is 0.171. The van der Waals surface area contributed by atoms with Gasteiger partial charge in [0.05, 0.1) is 10.3 Å². The van der Waals surface area contributed by atoms with Crippen molar-refractivity contribution in [2.24, 2.45) is 0 Å². The van der Waals surface area contributed by atoms with Gasteiger partial charge in [-0.25, -0.2) is 14.2 Å². The topological polar surface area (TPSA) is 101 Å². The van der Waals surface area contributed by atoms with E-state index in [2.05, 4.69) is 10.3 Å². The molecule has 0 fully saturated rings. The van der Waals surface area contributed by atoms with Crippen molar-refractivity contribution in [2.75, 3.05) is 6.67 Å². The Bertz CT molecular complexity index is 905. The molecule has 0 radical (unpaired) electrons. The number of rotatable bonds is 4. The molecule has 0 saturated heterocycles. The quantitative estimate of drug-likeness (QED) is 0.856. The lowest BCUT2D eigenvalue weighted by molar-refractivity contribution is -0.139. The van der Waals surface area contributed by atoms with Gasteiger partial charge in [-0.1, -0.05) is 6.42 Å². The lowest BCUT2D eigenvalue weighted by Crippen LogP contribution is -2.42. The molecular weight excluding hydrogens is 349 g/mol. The van der Waals surface area contributed by atoms with Crippen molar-refractivity contribution in [3.8, 4) is 0 Å². The zero-order chi connectivity index (χ0) is 18.1. The number of alkyl halides is 1. The molecule has 3 rings (SSSR count). The first-order valence-electron chi connectivity index (χ1n) is 8.06. The number of aryl methyl sites for hydroxylation is 2. The highest BCUT2D eigenvalue weighted by Gasteiger charge is 2.25. The van der Waals surface area contributed by atoms with Crippen LogP contribution in [0.2, 0.25) is 0 Å². The van der Waals surface area contributed by atoms with Crippen molar-refractivity contribution in [2.45, 2.75) is 45.2 Å². The van der Waals surface area contributed by atoms with Gasteiger partial charge < -0.3 is 10.4 Å². The third-order valence-electron chi connectivity index (χ3n) is 4.38. The molecule has 2 aromatic rings. The van der Waals surface area contributed by atoms with Crippen LogP contribution < -0.4 is 10.9 Å². The second-order valence-corrected chi connectivity index (χ2v) is 7.05. The summed E-state index contributed by atoms with van der Waals surface area (Å²) in [7, 11) is 0. The van der Waals surface area contributed by atoms with Crippen molar-refractivity contribution >= 4 is 33.4 Å². The lowest BCUT2D eigenvalue weighted by Gasteiger charge is -2.10. The predicted octanol–water partition coefficient (Wildman–Crippen LogP) is 1.65. The van der Waals surface area contributed by atoms with Crippen LogP contribution in [-0.4, -0.2) is 39.3 Å². The SMILES string of the molecule is Cc1c(C(=O)NC(CF)C(=O)O)sc2nc3n(c(=O)c12)CCCCC3. The number of carbonyl (C=O) groups is 2. The molecule has 7 nitrogen and oxygen atoms in total. The van der Waals surface area contributed by atoms with Gasteiger partial charge in [-0.3, -0.25) is 14.2 Å². The molecule has 3 heterocycles. The number of nitrogens with zero attached hydrogens (tertiary/aromatic N) is 2. The summed E-state index contributed by atoms with van der Waals surface area (Å²) in [6, 6.07) is -1.61. The van der Waals surface area contributed by atoms with Gasteiger partial charge >= 0.3 is 5.97 Å². The van der Waals surface area contributed by atoms with Gasteiger partial charge in [0.2, 0.25) is 0 Å². The molecule has 25 heavy (non-hydrogen) atoms. The van der Waals surface area contributed by atoms with E-state index in [4.69, 9.17) is 5.11 Å². The van der Waals surface area contributed by atoms with E-state index in [1.165, 1.54) is 0 Å². The first-order valence-corrected chi connectivity index (χ1v) is 8.88. The Hall–Kier alpha value is -2.29. The standard InChI is InChI=1S/C16H18FN3O4S/c1-8-11-14(19-10-5-3-2-4-6-20(10)15(11)22)25-12(8)13(21)18-9(7-17)16(23)24/h9H,2-7H2,1H3,(H,18,21)(H,23,24). The Morgan fingerprint density at radius 3 is 2.84 bits per heavy atom. The molecule has 1 amide bonds. The van der Waals surface area contributed by atoms with Gasteiger partial charge in [-0.15, -0.1) is 11.3 Å². The maximum absolute atomic E-state index is 12.8. The number of nitrogens with one attached hydrogen (secondary N) is 1. The summed E-state index contributed by atoms with van der Waals surface area (Å²) >= 11 is 1.04. The van der Waals surface area contributed by atoms with Gasteiger partial charge in [-0.05, 0) is 25.3 Å². The molecule has 0 aromatic carbocycles. The van der Waals surface area contributed by atoms with E-state index in [0.717, 1.165) is 36.4 Å². The van der Waals surface area contributed by atoms with E-state index in [9.17, 15) is 18.8 Å². The highest BCUT2D eigenvalue weighted by Crippen LogP contribution is 2.28. The molecule has 0 aliphatic carbocycles. The number of carbonyl (C=O) groups excluding carboxylic acids is 1. The second kappa shape index (κ2) is 6.91. The molecule has 134 valence electrons. The molecule has 1 unspecified atom stereocenters. The summed E-state index contributed by atoms with van der Waals surface area (Å²) in [5.41, 5.74) is 0.285.